The summed E-state index contributed by atoms with van der Waals surface area (Å²) in [5.74, 6) is 3.99. The van der Waals surface area contributed by atoms with Crippen LogP contribution in [0.5, 0.6) is 0 Å². The number of fused-ring (bicyclic) bond motifs is 5. The fraction of sp³-hybridized carbons (Fsp3) is 0.923. The van der Waals surface area contributed by atoms with E-state index in [0.717, 1.165) is 24.2 Å². The van der Waals surface area contributed by atoms with E-state index in [1.807, 2.05) is 0 Å². The minimum atomic E-state index is 0.115. The third kappa shape index (κ3) is 1.20. The van der Waals surface area contributed by atoms with Crippen LogP contribution in [0, 0.1) is 35.5 Å². The van der Waals surface area contributed by atoms with E-state index < -0.39 is 0 Å². The average Bonchev–Trinajstić information content (AvgIpc) is 2.65. The molecular formula is C13H20O2. The maximum atomic E-state index is 11.9. The van der Waals surface area contributed by atoms with Crippen LogP contribution in [0.4, 0.5) is 0 Å². The molecule has 6 atom stereocenters. The van der Waals surface area contributed by atoms with Crippen molar-refractivity contribution in [3.63, 3.8) is 0 Å². The molecule has 1 saturated heterocycles. The van der Waals surface area contributed by atoms with Crippen molar-refractivity contribution in [2.24, 2.45) is 35.5 Å². The minimum absolute atomic E-state index is 0.115. The van der Waals surface area contributed by atoms with Crippen molar-refractivity contribution in [1.29, 1.82) is 0 Å². The molecule has 2 saturated carbocycles. The van der Waals surface area contributed by atoms with Gasteiger partial charge in [0.05, 0.1) is 12.5 Å². The standard InChI is InChI=1S/C13H20O2/c1-7-8(2)11-6-10(7)9-4-3-5-15-13(14)12(9)11/h7-12H,3-6H2,1-2H3. The SMILES string of the molecule is CC1C(C)C2CC1C1CCCOC(=O)C21. The van der Waals surface area contributed by atoms with Crippen molar-refractivity contribution in [2.45, 2.75) is 33.1 Å². The summed E-state index contributed by atoms with van der Waals surface area (Å²) in [6, 6.07) is 0. The summed E-state index contributed by atoms with van der Waals surface area (Å²) in [6.45, 7) is 5.36. The summed E-state index contributed by atoms with van der Waals surface area (Å²) in [7, 11) is 0. The third-order valence-electron chi connectivity index (χ3n) is 5.40. The Balaban J connectivity index is 1.92. The van der Waals surface area contributed by atoms with Gasteiger partial charge in [-0.1, -0.05) is 13.8 Å². The van der Waals surface area contributed by atoms with Crippen LogP contribution < -0.4 is 0 Å². The molecule has 3 aliphatic rings. The molecule has 15 heavy (non-hydrogen) atoms. The van der Waals surface area contributed by atoms with Crippen LogP contribution in [0.3, 0.4) is 0 Å². The van der Waals surface area contributed by atoms with Gasteiger partial charge in [0.25, 0.3) is 0 Å². The number of carbonyl (C=O) groups is 1. The Morgan fingerprint density at radius 3 is 2.67 bits per heavy atom. The fourth-order valence-corrected chi connectivity index (χ4v) is 4.48. The highest BCUT2D eigenvalue weighted by atomic mass is 16.5. The van der Waals surface area contributed by atoms with E-state index in [2.05, 4.69) is 13.8 Å². The lowest BCUT2D eigenvalue weighted by Crippen LogP contribution is -2.36. The highest BCUT2D eigenvalue weighted by Crippen LogP contribution is 2.59. The summed E-state index contributed by atoms with van der Waals surface area (Å²) in [5, 5.41) is 0. The molecule has 0 radical (unpaired) electrons. The Bertz CT molecular complexity index is 286. The molecule has 0 aromatic heterocycles. The Labute approximate surface area is 91.4 Å². The first-order valence-electron chi connectivity index (χ1n) is 6.37. The Hall–Kier alpha value is -0.530. The molecule has 1 heterocycles. The van der Waals surface area contributed by atoms with Gasteiger partial charge in [0, 0.05) is 0 Å². The molecule has 2 heteroatoms. The smallest absolute Gasteiger partial charge is 0.309 e. The Morgan fingerprint density at radius 1 is 1.13 bits per heavy atom. The molecule has 2 bridgehead atoms. The second-order valence-electron chi connectivity index (χ2n) is 5.78. The number of ether oxygens (including phenoxy) is 1. The van der Waals surface area contributed by atoms with Crippen molar-refractivity contribution in [3.05, 3.63) is 0 Å². The normalized spacial score (nSPS) is 53.6. The highest BCUT2D eigenvalue weighted by Gasteiger charge is 2.57. The molecular weight excluding hydrogens is 188 g/mol. The van der Waals surface area contributed by atoms with E-state index in [4.69, 9.17) is 4.74 Å². The molecule has 0 aromatic carbocycles. The van der Waals surface area contributed by atoms with Crippen LogP contribution in [0.25, 0.3) is 0 Å². The molecule has 1 aliphatic heterocycles. The molecule has 3 rings (SSSR count). The second-order valence-corrected chi connectivity index (χ2v) is 5.78. The van der Waals surface area contributed by atoms with E-state index in [1.54, 1.807) is 0 Å². The van der Waals surface area contributed by atoms with Gasteiger partial charge in [-0.05, 0) is 48.9 Å². The predicted octanol–water partition coefficient (Wildman–Crippen LogP) is 2.48. The predicted molar refractivity (Wildman–Crippen MR) is 57.1 cm³/mol. The van der Waals surface area contributed by atoms with Gasteiger partial charge in [-0.15, -0.1) is 0 Å². The molecule has 2 nitrogen and oxygen atoms in total. The fourth-order valence-electron chi connectivity index (χ4n) is 4.48. The summed E-state index contributed by atoms with van der Waals surface area (Å²) in [6.07, 6.45) is 3.58. The van der Waals surface area contributed by atoms with E-state index in [1.165, 1.54) is 12.8 Å². The zero-order valence-electron chi connectivity index (χ0n) is 9.61. The van der Waals surface area contributed by atoms with E-state index in [-0.39, 0.29) is 11.9 Å². The first-order valence-corrected chi connectivity index (χ1v) is 6.37. The number of hydrogen-bond acceptors (Lipinski definition) is 2. The molecule has 0 amide bonds. The maximum absolute atomic E-state index is 11.9. The zero-order chi connectivity index (χ0) is 10.6. The quantitative estimate of drug-likeness (QED) is 0.572. The van der Waals surface area contributed by atoms with Crippen molar-refractivity contribution < 1.29 is 9.53 Å². The summed E-state index contributed by atoms with van der Waals surface area (Å²) < 4.78 is 5.31. The number of hydrogen-bond donors (Lipinski definition) is 0. The molecule has 0 aromatic rings. The van der Waals surface area contributed by atoms with Crippen LogP contribution in [0.15, 0.2) is 0 Å². The van der Waals surface area contributed by atoms with Crippen molar-refractivity contribution in [2.75, 3.05) is 6.61 Å². The van der Waals surface area contributed by atoms with E-state index >= 15 is 0 Å². The monoisotopic (exact) mass is 208 g/mol. The zero-order valence-corrected chi connectivity index (χ0v) is 9.61. The van der Waals surface area contributed by atoms with E-state index in [9.17, 15) is 4.79 Å². The molecule has 0 spiro atoms. The van der Waals surface area contributed by atoms with Crippen LogP contribution in [0.1, 0.15) is 33.1 Å². The first kappa shape index (κ1) is 9.68. The van der Waals surface area contributed by atoms with Gasteiger partial charge in [0.2, 0.25) is 0 Å². The van der Waals surface area contributed by atoms with Crippen LogP contribution >= 0.6 is 0 Å². The molecule has 0 N–H and O–H groups in total. The lowest BCUT2D eigenvalue weighted by atomic mass is 9.68. The lowest BCUT2D eigenvalue weighted by molar-refractivity contribution is -0.151. The van der Waals surface area contributed by atoms with Gasteiger partial charge in [0.15, 0.2) is 0 Å². The largest absolute Gasteiger partial charge is 0.465 e. The molecule has 6 unspecified atom stereocenters. The number of esters is 1. The number of rotatable bonds is 0. The Morgan fingerprint density at radius 2 is 1.87 bits per heavy atom. The van der Waals surface area contributed by atoms with Crippen LogP contribution in [0.2, 0.25) is 0 Å². The van der Waals surface area contributed by atoms with Crippen molar-refractivity contribution in [3.8, 4) is 0 Å². The van der Waals surface area contributed by atoms with Crippen LogP contribution in [-0.4, -0.2) is 12.6 Å². The van der Waals surface area contributed by atoms with Crippen LogP contribution in [-0.2, 0) is 9.53 Å². The molecule has 2 aliphatic carbocycles. The second kappa shape index (κ2) is 3.23. The van der Waals surface area contributed by atoms with Gasteiger partial charge in [0.1, 0.15) is 0 Å². The van der Waals surface area contributed by atoms with Gasteiger partial charge in [-0.2, -0.15) is 0 Å². The molecule has 3 fully saturated rings. The van der Waals surface area contributed by atoms with Crippen molar-refractivity contribution >= 4 is 5.97 Å². The van der Waals surface area contributed by atoms with Gasteiger partial charge in [-0.3, -0.25) is 4.79 Å². The summed E-state index contributed by atoms with van der Waals surface area (Å²) in [5.41, 5.74) is 0. The lowest BCUT2D eigenvalue weighted by Gasteiger charge is -2.35. The Kier molecular flexibility index (Phi) is 2.08. The average molecular weight is 208 g/mol. The van der Waals surface area contributed by atoms with Crippen molar-refractivity contribution in [1.82, 2.24) is 0 Å². The topological polar surface area (TPSA) is 26.3 Å². The molecule has 84 valence electrons. The minimum Gasteiger partial charge on any atom is -0.465 e. The summed E-state index contributed by atoms with van der Waals surface area (Å²) in [4.78, 5) is 11.9. The number of carbonyl (C=O) groups excluding carboxylic acids is 1. The third-order valence-corrected chi connectivity index (χ3v) is 5.40. The van der Waals surface area contributed by atoms with E-state index in [0.29, 0.717) is 18.4 Å². The van der Waals surface area contributed by atoms with Gasteiger partial charge in [-0.25, -0.2) is 0 Å². The highest BCUT2D eigenvalue weighted by molar-refractivity contribution is 5.74. The van der Waals surface area contributed by atoms with Gasteiger partial charge < -0.3 is 4.74 Å². The maximum Gasteiger partial charge on any atom is 0.309 e. The first-order chi connectivity index (χ1) is 7.20. The van der Waals surface area contributed by atoms with Gasteiger partial charge >= 0.3 is 5.97 Å². The summed E-state index contributed by atoms with van der Waals surface area (Å²) >= 11 is 0. The number of cyclic esters (lactones) is 1.